The van der Waals surface area contributed by atoms with Crippen molar-refractivity contribution in [3.63, 3.8) is 0 Å². The fraction of sp³-hybridized carbons (Fsp3) is 0.500. The van der Waals surface area contributed by atoms with Crippen LogP contribution >= 0.6 is 0 Å². The lowest BCUT2D eigenvalue weighted by atomic mass is 10.1. The minimum Gasteiger partial charge on any atom is -0.456 e. The van der Waals surface area contributed by atoms with E-state index >= 15 is 0 Å². The second-order valence-corrected chi connectivity index (χ2v) is 5.31. The first-order valence-electron chi connectivity index (χ1n) is 6.30. The molecule has 0 fully saturated rings. The van der Waals surface area contributed by atoms with Crippen molar-refractivity contribution in [2.75, 3.05) is 31.3 Å². The number of nitrogens with one attached hydrogen (secondary N) is 1. The summed E-state index contributed by atoms with van der Waals surface area (Å²) in [5.74, 6) is -1.43. The highest BCUT2D eigenvalue weighted by Crippen LogP contribution is 2.26. The molecule has 0 radical (unpaired) electrons. The number of rotatable bonds is 5. The molecule has 3 N–H and O–H groups in total. The molecule has 0 saturated carbocycles. The number of carbonyl (C=O) groups is 1. The summed E-state index contributed by atoms with van der Waals surface area (Å²) in [6, 6.07) is 2.79. The Bertz CT molecular complexity index is 484. The van der Waals surface area contributed by atoms with Gasteiger partial charge in [-0.15, -0.1) is 0 Å². The van der Waals surface area contributed by atoms with Crippen LogP contribution in [0.25, 0.3) is 0 Å². The van der Waals surface area contributed by atoms with Gasteiger partial charge in [0.2, 0.25) is 0 Å². The lowest BCUT2D eigenvalue weighted by molar-refractivity contribution is 0.00649. The second-order valence-electron chi connectivity index (χ2n) is 5.31. The van der Waals surface area contributed by atoms with Gasteiger partial charge in [0.25, 0.3) is 0 Å². The van der Waals surface area contributed by atoms with Gasteiger partial charge < -0.3 is 20.5 Å². The first-order valence-corrected chi connectivity index (χ1v) is 6.30. The molecule has 5 nitrogen and oxygen atoms in total. The smallest absolute Gasteiger partial charge is 0.341 e. The summed E-state index contributed by atoms with van der Waals surface area (Å²) in [5.41, 5.74) is 5.19. The molecule has 20 heavy (non-hydrogen) atoms. The summed E-state index contributed by atoms with van der Waals surface area (Å²) in [7, 11) is 1.54. The molecule has 0 aliphatic heterocycles. The fourth-order valence-corrected chi connectivity index (χ4v) is 1.54. The molecule has 1 rings (SSSR count). The van der Waals surface area contributed by atoms with E-state index in [1.807, 2.05) is 0 Å². The Morgan fingerprint density at radius 2 is 2.05 bits per heavy atom. The first kappa shape index (κ1) is 16.2. The number of methoxy groups -OCH3 is 1. The molecule has 0 unspecified atom stereocenters. The third kappa shape index (κ3) is 4.38. The van der Waals surface area contributed by atoms with Crippen molar-refractivity contribution >= 4 is 17.3 Å². The molecule has 0 amide bonds. The molecule has 1 aromatic carbocycles. The van der Waals surface area contributed by atoms with Crippen LogP contribution in [0.3, 0.4) is 0 Å². The van der Waals surface area contributed by atoms with E-state index in [-0.39, 0.29) is 16.9 Å². The number of ether oxygens (including phenoxy) is 2. The van der Waals surface area contributed by atoms with Gasteiger partial charge in [-0.2, -0.15) is 0 Å². The topological polar surface area (TPSA) is 73.6 Å². The van der Waals surface area contributed by atoms with E-state index in [1.165, 1.54) is 12.1 Å². The molecule has 0 aliphatic rings. The highest BCUT2D eigenvalue weighted by molar-refractivity contribution is 5.92. The van der Waals surface area contributed by atoms with E-state index in [0.717, 1.165) is 0 Å². The second kappa shape index (κ2) is 6.56. The minimum absolute atomic E-state index is 0.0883. The quantitative estimate of drug-likeness (QED) is 0.493. The number of halogens is 1. The van der Waals surface area contributed by atoms with Gasteiger partial charge in [-0.25, -0.2) is 9.18 Å². The Balaban J connectivity index is 2.99. The molecule has 0 spiro atoms. The molecule has 6 heteroatoms. The monoisotopic (exact) mass is 284 g/mol. The van der Waals surface area contributed by atoms with Crippen molar-refractivity contribution in [1.82, 2.24) is 0 Å². The molecule has 0 aliphatic carbocycles. The molecule has 112 valence electrons. The standard InChI is InChI=1S/C14H21FN2O3/c1-14(2,3)20-13(18)9-5-6-10(16)12(11(9)15)17-7-8-19-4/h5-6,17H,7-8,16H2,1-4H3. The lowest BCUT2D eigenvalue weighted by Gasteiger charge is -2.20. The van der Waals surface area contributed by atoms with E-state index in [0.29, 0.717) is 13.2 Å². The van der Waals surface area contributed by atoms with Crippen LogP contribution in [-0.4, -0.2) is 31.8 Å². The summed E-state index contributed by atoms with van der Waals surface area (Å²) >= 11 is 0. The van der Waals surface area contributed by atoms with Crippen molar-refractivity contribution < 1.29 is 18.7 Å². The van der Waals surface area contributed by atoms with Crippen LogP contribution in [0.4, 0.5) is 15.8 Å². The van der Waals surface area contributed by atoms with E-state index in [1.54, 1.807) is 27.9 Å². The number of nitrogen functional groups attached to an aromatic ring is 1. The van der Waals surface area contributed by atoms with Crippen molar-refractivity contribution in [1.29, 1.82) is 0 Å². The van der Waals surface area contributed by atoms with Gasteiger partial charge in [-0.3, -0.25) is 0 Å². The predicted molar refractivity (Wildman–Crippen MR) is 76.3 cm³/mol. The van der Waals surface area contributed by atoms with Gasteiger partial charge in [0.05, 0.1) is 23.5 Å². The molecule has 1 aromatic rings. The predicted octanol–water partition coefficient (Wildman–Crippen LogP) is 2.42. The van der Waals surface area contributed by atoms with Crippen LogP contribution in [0.1, 0.15) is 31.1 Å². The zero-order chi connectivity index (χ0) is 15.3. The molecule has 0 aromatic heterocycles. The third-order valence-electron chi connectivity index (χ3n) is 2.40. The van der Waals surface area contributed by atoms with Crippen LogP contribution in [0, 0.1) is 5.82 Å². The zero-order valence-corrected chi connectivity index (χ0v) is 12.2. The van der Waals surface area contributed by atoms with Crippen molar-refractivity contribution in [3.05, 3.63) is 23.5 Å². The molecule has 0 saturated heterocycles. The number of hydrogen-bond acceptors (Lipinski definition) is 5. The summed E-state index contributed by atoms with van der Waals surface area (Å²) in [5, 5.41) is 2.81. The Hall–Kier alpha value is -1.82. The van der Waals surface area contributed by atoms with Gasteiger partial charge in [0.15, 0.2) is 5.82 Å². The van der Waals surface area contributed by atoms with Gasteiger partial charge in [-0.1, -0.05) is 0 Å². The molecule has 0 bridgehead atoms. The van der Waals surface area contributed by atoms with E-state index in [9.17, 15) is 9.18 Å². The maximum atomic E-state index is 14.3. The highest BCUT2D eigenvalue weighted by Gasteiger charge is 2.23. The fourth-order valence-electron chi connectivity index (χ4n) is 1.54. The van der Waals surface area contributed by atoms with Crippen molar-refractivity contribution in [2.45, 2.75) is 26.4 Å². The first-order chi connectivity index (χ1) is 9.26. The summed E-state index contributed by atoms with van der Waals surface area (Å²) in [6.45, 7) is 5.94. The van der Waals surface area contributed by atoms with E-state index < -0.39 is 17.4 Å². The van der Waals surface area contributed by atoms with Crippen LogP contribution in [0.2, 0.25) is 0 Å². The van der Waals surface area contributed by atoms with Gasteiger partial charge in [0, 0.05) is 13.7 Å². The van der Waals surface area contributed by atoms with Gasteiger partial charge >= 0.3 is 5.97 Å². The Kier molecular flexibility index (Phi) is 5.33. The van der Waals surface area contributed by atoms with Gasteiger partial charge in [0.1, 0.15) is 5.60 Å². The van der Waals surface area contributed by atoms with Crippen LogP contribution in [0.5, 0.6) is 0 Å². The summed E-state index contributed by atoms with van der Waals surface area (Å²) in [4.78, 5) is 11.9. The highest BCUT2D eigenvalue weighted by atomic mass is 19.1. The molecule has 0 atom stereocenters. The Morgan fingerprint density at radius 3 is 2.60 bits per heavy atom. The SMILES string of the molecule is COCCNc1c(N)ccc(C(=O)OC(C)(C)C)c1F. The number of esters is 1. The van der Waals surface area contributed by atoms with E-state index in [4.69, 9.17) is 15.2 Å². The van der Waals surface area contributed by atoms with Crippen molar-refractivity contribution in [3.8, 4) is 0 Å². The largest absolute Gasteiger partial charge is 0.456 e. The molecular weight excluding hydrogens is 263 g/mol. The summed E-state index contributed by atoms with van der Waals surface area (Å²) < 4.78 is 24.3. The number of nitrogens with two attached hydrogens (primary N) is 1. The van der Waals surface area contributed by atoms with Gasteiger partial charge in [-0.05, 0) is 32.9 Å². The number of anilines is 2. The minimum atomic E-state index is -0.718. The Labute approximate surface area is 118 Å². The van der Waals surface area contributed by atoms with Crippen LogP contribution in [0.15, 0.2) is 12.1 Å². The lowest BCUT2D eigenvalue weighted by Crippen LogP contribution is -2.25. The van der Waals surface area contributed by atoms with E-state index in [2.05, 4.69) is 5.32 Å². The number of benzene rings is 1. The van der Waals surface area contributed by atoms with Crippen molar-refractivity contribution in [2.24, 2.45) is 0 Å². The average Bonchev–Trinajstić information content (AvgIpc) is 2.31. The maximum absolute atomic E-state index is 14.3. The Morgan fingerprint density at radius 1 is 1.40 bits per heavy atom. The molecular formula is C14H21FN2O3. The zero-order valence-electron chi connectivity index (χ0n) is 12.2. The number of hydrogen-bond donors (Lipinski definition) is 2. The molecule has 0 heterocycles. The normalized spacial score (nSPS) is 11.2. The number of carbonyl (C=O) groups excluding carboxylic acids is 1. The van der Waals surface area contributed by atoms with Crippen LogP contribution in [-0.2, 0) is 9.47 Å². The maximum Gasteiger partial charge on any atom is 0.341 e. The third-order valence-corrected chi connectivity index (χ3v) is 2.40. The average molecular weight is 284 g/mol. The van der Waals surface area contributed by atoms with Crippen LogP contribution < -0.4 is 11.1 Å². The summed E-state index contributed by atoms with van der Waals surface area (Å²) in [6.07, 6.45) is 0.